The number of carbonyl (C=O) groups is 1. The first-order valence-electron chi connectivity index (χ1n) is 7.67. The molecule has 3 rings (SSSR count). The van der Waals surface area contributed by atoms with E-state index in [4.69, 9.17) is 0 Å². The molecule has 120 valence electrons. The number of nitrogens with zero attached hydrogens (tertiary/aromatic N) is 3. The molecule has 5 heteroatoms. The molecule has 0 bridgehead atoms. The molecule has 0 unspecified atom stereocenters. The van der Waals surface area contributed by atoms with Crippen LogP contribution >= 0.6 is 0 Å². The van der Waals surface area contributed by atoms with E-state index in [1.165, 1.54) is 0 Å². The van der Waals surface area contributed by atoms with Gasteiger partial charge in [-0.2, -0.15) is 0 Å². The molecular weight excluding hydrogens is 300 g/mol. The number of hydrogen-bond donors (Lipinski definition) is 1. The molecule has 5 nitrogen and oxygen atoms in total. The van der Waals surface area contributed by atoms with Crippen molar-refractivity contribution in [1.82, 2.24) is 20.1 Å². The summed E-state index contributed by atoms with van der Waals surface area (Å²) in [7, 11) is 0. The van der Waals surface area contributed by atoms with Crippen LogP contribution in [-0.2, 0) is 0 Å². The third-order valence-electron chi connectivity index (χ3n) is 3.50. The predicted octanol–water partition coefficient (Wildman–Crippen LogP) is 3.16. The molecule has 0 spiro atoms. The van der Waals surface area contributed by atoms with Crippen molar-refractivity contribution in [2.24, 2.45) is 0 Å². The van der Waals surface area contributed by atoms with Gasteiger partial charge in [0.2, 0.25) is 5.82 Å². The van der Waals surface area contributed by atoms with E-state index in [2.05, 4.69) is 22.0 Å². The molecule has 0 saturated heterocycles. The van der Waals surface area contributed by atoms with Gasteiger partial charge in [-0.15, -0.1) is 11.7 Å². The van der Waals surface area contributed by atoms with Crippen LogP contribution in [0, 0.1) is 6.92 Å². The van der Waals surface area contributed by atoms with E-state index in [1.54, 1.807) is 10.8 Å². The Hall–Kier alpha value is -3.21. The number of hydrogen-bond acceptors (Lipinski definition) is 3. The molecule has 0 fully saturated rings. The smallest absolute Gasteiger partial charge is 0.291 e. The second kappa shape index (κ2) is 6.91. The van der Waals surface area contributed by atoms with Crippen molar-refractivity contribution in [2.45, 2.75) is 6.92 Å². The van der Waals surface area contributed by atoms with Crippen LogP contribution in [0.3, 0.4) is 0 Å². The number of aromatic nitrogens is 3. The van der Waals surface area contributed by atoms with Crippen LogP contribution in [0.4, 0.5) is 0 Å². The molecule has 0 atom stereocenters. The molecule has 1 heterocycles. The first-order chi connectivity index (χ1) is 11.7. The molecule has 0 aliphatic carbocycles. The van der Waals surface area contributed by atoms with Gasteiger partial charge in [-0.1, -0.05) is 48.5 Å². The first-order valence-corrected chi connectivity index (χ1v) is 7.67. The van der Waals surface area contributed by atoms with Crippen LogP contribution in [0.25, 0.3) is 17.1 Å². The SMILES string of the molecule is C=CCNC(=O)c1nc(-c2ccccc2)n(-c2cccc(C)c2)n1. The van der Waals surface area contributed by atoms with Crippen molar-refractivity contribution in [1.29, 1.82) is 0 Å². The van der Waals surface area contributed by atoms with Gasteiger partial charge in [-0.25, -0.2) is 9.67 Å². The summed E-state index contributed by atoms with van der Waals surface area (Å²) in [5.41, 5.74) is 2.87. The third kappa shape index (κ3) is 3.25. The first kappa shape index (κ1) is 15.7. The fourth-order valence-corrected chi connectivity index (χ4v) is 2.37. The lowest BCUT2D eigenvalue weighted by Gasteiger charge is -2.06. The van der Waals surface area contributed by atoms with Crippen molar-refractivity contribution < 1.29 is 4.79 Å². The van der Waals surface area contributed by atoms with E-state index in [9.17, 15) is 4.79 Å². The lowest BCUT2D eigenvalue weighted by atomic mass is 10.2. The molecule has 0 aliphatic heterocycles. The second-order valence-electron chi connectivity index (χ2n) is 5.37. The van der Waals surface area contributed by atoms with E-state index in [0.29, 0.717) is 12.4 Å². The molecule has 1 aromatic heterocycles. The van der Waals surface area contributed by atoms with Gasteiger partial charge in [-0.3, -0.25) is 4.79 Å². The molecule has 3 aromatic rings. The lowest BCUT2D eigenvalue weighted by molar-refractivity contribution is 0.0948. The van der Waals surface area contributed by atoms with Crippen LogP contribution in [0.5, 0.6) is 0 Å². The highest BCUT2D eigenvalue weighted by Crippen LogP contribution is 2.21. The zero-order chi connectivity index (χ0) is 16.9. The van der Waals surface area contributed by atoms with Crippen molar-refractivity contribution in [2.75, 3.05) is 6.54 Å². The Morgan fingerprint density at radius 3 is 2.71 bits per heavy atom. The summed E-state index contributed by atoms with van der Waals surface area (Å²) in [6.07, 6.45) is 1.62. The number of benzene rings is 2. The van der Waals surface area contributed by atoms with Crippen molar-refractivity contribution in [3.8, 4) is 17.1 Å². The predicted molar refractivity (Wildman–Crippen MR) is 94.1 cm³/mol. The van der Waals surface area contributed by atoms with E-state index in [1.807, 2.05) is 61.5 Å². The molecule has 0 aliphatic rings. The highest BCUT2D eigenvalue weighted by atomic mass is 16.2. The fourth-order valence-electron chi connectivity index (χ4n) is 2.37. The van der Waals surface area contributed by atoms with Gasteiger partial charge in [0.1, 0.15) is 0 Å². The Morgan fingerprint density at radius 1 is 1.21 bits per heavy atom. The summed E-state index contributed by atoms with van der Waals surface area (Å²) in [6.45, 7) is 5.98. The van der Waals surface area contributed by atoms with Crippen LogP contribution in [0.15, 0.2) is 67.3 Å². The number of nitrogens with one attached hydrogen (secondary N) is 1. The monoisotopic (exact) mass is 318 g/mol. The van der Waals surface area contributed by atoms with Crippen molar-refractivity contribution in [3.05, 3.63) is 78.6 Å². The lowest BCUT2D eigenvalue weighted by Crippen LogP contribution is -2.24. The average Bonchev–Trinajstić information content (AvgIpc) is 3.06. The summed E-state index contributed by atoms with van der Waals surface area (Å²) in [5.74, 6) is 0.445. The van der Waals surface area contributed by atoms with Gasteiger partial charge in [0, 0.05) is 12.1 Å². The van der Waals surface area contributed by atoms with Crippen molar-refractivity contribution >= 4 is 5.91 Å². The maximum absolute atomic E-state index is 12.2. The topological polar surface area (TPSA) is 59.8 Å². The third-order valence-corrected chi connectivity index (χ3v) is 3.50. The minimum Gasteiger partial charge on any atom is -0.346 e. The summed E-state index contributed by atoms with van der Waals surface area (Å²) >= 11 is 0. The standard InChI is InChI=1S/C19H18N4O/c1-3-12-20-19(24)17-21-18(15-9-5-4-6-10-15)23(22-17)16-11-7-8-14(2)13-16/h3-11,13H,1,12H2,2H3,(H,20,24). The molecular formula is C19H18N4O. The van der Waals surface area contributed by atoms with Gasteiger partial charge >= 0.3 is 0 Å². The summed E-state index contributed by atoms with van der Waals surface area (Å²) < 4.78 is 1.70. The van der Waals surface area contributed by atoms with Gasteiger partial charge in [-0.05, 0) is 24.6 Å². The molecule has 0 saturated carbocycles. The van der Waals surface area contributed by atoms with E-state index < -0.39 is 0 Å². The highest BCUT2D eigenvalue weighted by Gasteiger charge is 2.18. The summed E-state index contributed by atoms with van der Waals surface area (Å²) in [6, 6.07) is 17.6. The normalized spacial score (nSPS) is 10.4. The molecule has 1 N–H and O–H groups in total. The number of carbonyl (C=O) groups excluding carboxylic acids is 1. The zero-order valence-electron chi connectivity index (χ0n) is 13.4. The van der Waals surface area contributed by atoms with Crippen molar-refractivity contribution in [3.63, 3.8) is 0 Å². The average molecular weight is 318 g/mol. The minimum atomic E-state index is -0.321. The molecule has 1 amide bonds. The van der Waals surface area contributed by atoms with Crippen LogP contribution in [0.2, 0.25) is 0 Å². The molecule has 24 heavy (non-hydrogen) atoms. The van der Waals surface area contributed by atoms with Crippen LogP contribution in [-0.4, -0.2) is 27.2 Å². The largest absolute Gasteiger partial charge is 0.346 e. The van der Waals surface area contributed by atoms with E-state index in [0.717, 1.165) is 16.8 Å². The Labute approximate surface area is 140 Å². The van der Waals surface area contributed by atoms with Gasteiger partial charge in [0.25, 0.3) is 5.91 Å². The maximum Gasteiger partial charge on any atom is 0.291 e. The number of aryl methyl sites for hydroxylation is 1. The summed E-state index contributed by atoms with van der Waals surface area (Å²) in [4.78, 5) is 16.6. The summed E-state index contributed by atoms with van der Waals surface area (Å²) in [5, 5.41) is 7.12. The zero-order valence-corrected chi connectivity index (χ0v) is 13.4. The quantitative estimate of drug-likeness (QED) is 0.735. The fraction of sp³-hybridized carbons (Fsp3) is 0.105. The Kier molecular flexibility index (Phi) is 4.52. The van der Waals surface area contributed by atoms with Crippen LogP contribution < -0.4 is 5.32 Å². The Balaban J connectivity index is 2.10. The Morgan fingerprint density at radius 2 is 2.00 bits per heavy atom. The van der Waals surface area contributed by atoms with Gasteiger partial charge < -0.3 is 5.32 Å². The molecule has 2 aromatic carbocycles. The van der Waals surface area contributed by atoms with E-state index in [-0.39, 0.29) is 11.7 Å². The number of amides is 1. The number of rotatable bonds is 5. The van der Waals surface area contributed by atoms with Gasteiger partial charge in [0.05, 0.1) is 5.69 Å². The maximum atomic E-state index is 12.2. The second-order valence-corrected chi connectivity index (χ2v) is 5.37. The van der Waals surface area contributed by atoms with E-state index >= 15 is 0 Å². The van der Waals surface area contributed by atoms with Crippen LogP contribution in [0.1, 0.15) is 16.2 Å². The highest BCUT2D eigenvalue weighted by molar-refractivity contribution is 5.91. The minimum absolute atomic E-state index is 0.136. The van der Waals surface area contributed by atoms with Gasteiger partial charge in [0.15, 0.2) is 5.82 Å². The molecule has 0 radical (unpaired) electrons. The Bertz CT molecular complexity index is 868.